The lowest BCUT2D eigenvalue weighted by Gasteiger charge is -2.22. The molecule has 2 atom stereocenters. The third kappa shape index (κ3) is 3.04. The van der Waals surface area contributed by atoms with Crippen LogP contribution in [0.5, 0.6) is 0 Å². The molecule has 8 nitrogen and oxygen atoms in total. The van der Waals surface area contributed by atoms with Gasteiger partial charge in [-0.3, -0.25) is 0 Å². The number of nitrogens with zero attached hydrogens (tertiary/aromatic N) is 4. The first-order valence-electron chi connectivity index (χ1n) is 3.31. The molecule has 82 valence electrons. The van der Waals surface area contributed by atoms with E-state index in [1.54, 1.807) is 0 Å². The van der Waals surface area contributed by atoms with Gasteiger partial charge in [-0.15, -0.1) is 10.0 Å². The van der Waals surface area contributed by atoms with E-state index < -0.39 is 21.1 Å². The molecule has 0 fully saturated rings. The van der Waals surface area contributed by atoms with Gasteiger partial charge in [0.05, 0.1) is 14.1 Å². The van der Waals surface area contributed by atoms with Crippen molar-refractivity contribution in [2.75, 3.05) is 14.1 Å². The van der Waals surface area contributed by atoms with Crippen LogP contribution in [0.4, 0.5) is 0 Å². The zero-order valence-corrected chi connectivity index (χ0v) is 8.84. The second-order valence-electron chi connectivity index (χ2n) is 2.37. The van der Waals surface area contributed by atoms with Crippen LogP contribution >= 0.6 is 23.2 Å². The van der Waals surface area contributed by atoms with Crippen LogP contribution in [0.1, 0.15) is 0 Å². The van der Waals surface area contributed by atoms with E-state index in [4.69, 9.17) is 23.2 Å². The topological polar surface area (TPSA) is 92.8 Å². The van der Waals surface area contributed by atoms with Crippen molar-refractivity contribution < 1.29 is 10.1 Å². The molecule has 0 aliphatic carbocycles. The molecule has 0 saturated carbocycles. The number of likely N-dealkylation sites (N-methyl/N-ethyl adjacent to an activating group) is 2. The molecule has 2 unspecified atom stereocenters. The van der Waals surface area contributed by atoms with Crippen molar-refractivity contribution in [1.82, 2.24) is 10.0 Å². The number of hydrogen-bond acceptors (Lipinski definition) is 4. The molecule has 0 aliphatic rings. The molecular formula is C4H8Cl2N4O4. The quantitative estimate of drug-likeness (QED) is 0.301. The fraction of sp³-hybridized carbons (Fsp3) is 1.00. The Hall–Kier alpha value is -1.02. The molecule has 0 N–H and O–H groups in total. The molecule has 0 aliphatic heterocycles. The van der Waals surface area contributed by atoms with Crippen LogP contribution in [0.15, 0.2) is 0 Å². The second kappa shape index (κ2) is 5.01. The van der Waals surface area contributed by atoms with Gasteiger partial charge in [0.2, 0.25) is 11.0 Å². The predicted molar refractivity (Wildman–Crippen MR) is 48.8 cm³/mol. The van der Waals surface area contributed by atoms with Crippen molar-refractivity contribution in [3.8, 4) is 0 Å². The van der Waals surface area contributed by atoms with E-state index in [0.29, 0.717) is 10.0 Å². The van der Waals surface area contributed by atoms with Crippen LogP contribution in [-0.4, -0.2) is 45.2 Å². The van der Waals surface area contributed by atoms with Crippen molar-refractivity contribution in [3.63, 3.8) is 0 Å². The highest BCUT2D eigenvalue weighted by Crippen LogP contribution is 2.16. The first-order valence-corrected chi connectivity index (χ1v) is 4.18. The standard InChI is InChI=1S/C4H8Cl2N4O4/c1-7(9(11)12)3(5)4(6)8(2)10(13)14/h3-4H,1-2H3. The fourth-order valence-corrected chi connectivity index (χ4v) is 1.00. The maximum atomic E-state index is 10.2. The van der Waals surface area contributed by atoms with Crippen molar-refractivity contribution in [1.29, 1.82) is 0 Å². The Morgan fingerprint density at radius 2 is 1.21 bits per heavy atom. The van der Waals surface area contributed by atoms with Crippen LogP contribution in [-0.2, 0) is 0 Å². The van der Waals surface area contributed by atoms with Gasteiger partial charge < -0.3 is 0 Å². The van der Waals surface area contributed by atoms with Gasteiger partial charge in [-0.25, -0.2) is 20.2 Å². The first kappa shape index (κ1) is 13.0. The van der Waals surface area contributed by atoms with Gasteiger partial charge in [-0.2, -0.15) is 0 Å². The number of nitro groups is 2. The zero-order valence-electron chi connectivity index (χ0n) is 7.33. The maximum Gasteiger partial charge on any atom is 0.202 e. The molecule has 0 aromatic rings. The summed E-state index contributed by atoms with van der Waals surface area (Å²) in [6.45, 7) is 0. The largest absolute Gasteiger partial charge is 0.235 e. The molecule has 0 aromatic heterocycles. The van der Waals surface area contributed by atoms with Gasteiger partial charge in [0, 0.05) is 0 Å². The van der Waals surface area contributed by atoms with Crippen molar-refractivity contribution >= 4 is 23.2 Å². The average molecular weight is 247 g/mol. The summed E-state index contributed by atoms with van der Waals surface area (Å²) in [5.41, 5.74) is -2.61. The van der Waals surface area contributed by atoms with Crippen molar-refractivity contribution in [2.45, 2.75) is 11.0 Å². The molecule has 0 heterocycles. The molecule has 14 heavy (non-hydrogen) atoms. The van der Waals surface area contributed by atoms with Gasteiger partial charge in [-0.05, 0) is 0 Å². The SMILES string of the molecule is CN(C(Cl)C(Cl)N(C)[N+](=O)[O-])[N+](=O)[O-]. The number of alkyl halides is 2. The predicted octanol–water partition coefficient (Wildman–Crippen LogP) is 0.363. The third-order valence-electron chi connectivity index (χ3n) is 1.46. The lowest BCUT2D eigenvalue weighted by atomic mass is 10.6. The Bertz CT molecular complexity index is 215. The minimum atomic E-state index is -1.30. The summed E-state index contributed by atoms with van der Waals surface area (Å²) in [6.07, 6.45) is 0. The summed E-state index contributed by atoms with van der Waals surface area (Å²) >= 11 is 11.0. The minimum Gasteiger partial charge on any atom is -0.235 e. The van der Waals surface area contributed by atoms with Gasteiger partial charge in [0.15, 0.2) is 10.1 Å². The lowest BCUT2D eigenvalue weighted by Crippen LogP contribution is -2.47. The monoisotopic (exact) mass is 246 g/mol. The highest BCUT2D eigenvalue weighted by molar-refractivity contribution is 6.29. The van der Waals surface area contributed by atoms with Gasteiger partial charge in [0.25, 0.3) is 0 Å². The number of halogens is 2. The van der Waals surface area contributed by atoms with Crippen LogP contribution in [0.3, 0.4) is 0 Å². The Morgan fingerprint density at radius 3 is 1.36 bits per heavy atom. The summed E-state index contributed by atoms with van der Waals surface area (Å²) in [5, 5.41) is 19.8. The molecule has 0 amide bonds. The summed E-state index contributed by atoms with van der Waals surface area (Å²) in [4.78, 5) is 20.5. The van der Waals surface area contributed by atoms with E-state index in [9.17, 15) is 20.2 Å². The first-order chi connectivity index (χ1) is 6.29. The van der Waals surface area contributed by atoms with Crippen LogP contribution in [0, 0.1) is 20.2 Å². The summed E-state index contributed by atoms with van der Waals surface area (Å²) in [7, 11) is 2.14. The zero-order chi connectivity index (χ0) is 11.5. The molecule has 0 bridgehead atoms. The number of rotatable bonds is 5. The highest BCUT2D eigenvalue weighted by atomic mass is 35.5. The molecule has 0 aromatic carbocycles. The molecular weight excluding hydrogens is 239 g/mol. The number of hydrazine groups is 2. The Labute approximate surface area is 89.2 Å². The molecule has 0 saturated heterocycles. The molecule has 0 spiro atoms. The summed E-state index contributed by atoms with van der Waals surface area (Å²) < 4.78 is 0. The Balaban J connectivity index is 4.45. The smallest absolute Gasteiger partial charge is 0.202 e. The van der Waals surface area contributed by atoms with E-state index in [-0.39, 0.29) is 0 Å². The van der Waals surface area contributed by atoms with E-state index in [0.717, 1.165) is 14.1 Å². The molecule has 10 heteroatoms. The summed E-state index contributed by atoms with van der Waals surface area (Å²) in [5.74, 6) is 0. The van der Waals surface area contributed by atoms with Crippen LogP contribution < -0.4 is 0 Å². The van der Waals surface area contributed by atoms with Gasteiger partial charge in [-0.1, -0.05) is 23.2 Å². The maximum absolute atomic E-state index is 10.2. The normalized spacial score (nSPS) is 14.3. The average Bonchev–Trinajstić information content (AvgIpc) is 2.12. The van der Waals surface area contributed by atoms with E-state index >= 15 is 0 Å². The van der Waals surface area contributed by atoms with Crippen molar-refractivity contribution in [2.24, 2.45) is 0 Å². The van der Waals surface area contributed by atoms with Crippen molar-refractivity contribution in [3.05, 3.63) is 20.2 Å². The van der Waals surface area contributed by atoms with Gasteiger partial charge in [0.1, 0.15) is 0 Å². The third-order valence-corrected chi connectivity index (χ3v) is 2.63. The van der Waals surface area contributed by atoms with E-state index in [1.165, 1.54) is 0 Å². The summed E-state index contributed by atoms with van der Waals surface area (Å²) in [6, 6.07) is 0. The van der Waals surface area contributed by atoms with Crippen LogP contribution in [0.25, 0.3) is 0 Å². The highest BCUT2D eigenvalue weighted by Gasteiger charge is 2.35. The molecule has 0 rings (SSSR count). The Kier molecular flexibility index (Phi) is 4.64. The fourth-order valence-electron chi connectivity index (χ4n) is 0.536. The van der Waals surface area contributed by atoms with Gasteiger partial charge >= 0.3 is 0 Å². The Morgan fingerprint density at radius 1 is 1.00 bits per heavy atom. The second-order valence-corrected chi connectivity index (χ2v) is 3.26. The molecule has 0 radical (unpaired) electrons. The minimum absolute atomic E-state index is 0.485. The van der Waals surface area contributed by atoms with E-state index in [2.05, 4.69) is 0 Å². The van der Waals surface area contributed by atoms with Crippen LogP contribution in [0.2, 0.25) is 0 Å². The number of hydrogen-bond donors (Lipinski definition) is 0. The lowest BCUT2D eigenvalue weighted by molar-refractivity contribution is -0.673. The van der Waals surface area contributed by atoms with E-state index in [1.807, 2.05) is 0 Å².